The van der Waals surface area contributed by atoms with Gasteiger partial charge in [0.15, 0.2) is 0 Å². The van der Waals surface area contributed by atoms with E-state index >= 15 is 0 Å². The highest BCUT2D eigenvalue weighted by molar-refractivity contribution is 7.86. The average molecular weight is 330 g/mol. The third-order valence-electron chi connectivity index (χ3n) is 2.77. The highest BCUT2D eigenvalue weighted by atomic mass is 32.2. The van der Waals surface area contributed by atoms with E-state index in [-0.39, 0.29) is 11.5 Å². The molecule has 0 radical (unpaired) electrons. The van der Waals surface area contributed by atoms with Crippen LogP contribution in [0.1, 0.15) is 45.4 Å². The lowest BCUT2D eigenvalue weighted by atomic mass is 10.1. The fourth-order valence-electron chi connectivity index (χ4n) is 1.71. The molecule has 0 amide bonds. The first-order valence-corrected chi connectivity index (χ1v) is 9.36. The van der Waals surface area contributed by atoms with Crippen molar-refractivity contribution in [3.8, 4) is 0 Å². The fraction of sp³-hybridized carbons (Fsp3) is 0.647. The van der Waals surface area contributed by atoms with Crippen molar-refractivity contribution in [1.29, 1.82) is 0 Å². The zero-order valence-electron chi connectivity index (χ0n) is 14.4. The Morgan fingerprint density at radius 1 is 0.909 bits per heavy atom. The van der Waals surface area contributed by atoms with Crippen LogP contribution in [0.15, 0.2) is 35.2 Å². The maximum atomic E-state index is 11.7. The van der Waals surface area contributed by atoms with Crippen LogP contribution in [-0.4, -0.2) is 41.1 Å². The molecule has 0 fully saturated rings. The van der Waals surface area contributed by atoms with Gasteiger partial charge in [-0.1, -0.05) is 57.2 Å². The van der Waals surface area contributed by atoms with E-state index in [0.29, 0.717) is 0 Å². The predicted molar refractivity (Wildman–Crippen MR) is 92.6 cm³/mol. The molecule has 0 unspecified atom stereocenters. The van der Waals surface area contributed by atoms with Gasteiger partial charge in [0.2, 0.25) is 0 Å². The summed E-state index contributed by atoms with van der Waals surface area (Å²) in [6.07, 6.45) is 6.69. The number of hydrogen-bond acceptors (Lipinski definition) is 4. The van der Waals surface area contributed by atoms with E-state index in [1.807, 2.05) is 26.0 Å². The van der Waals surface area contributed by atoms with E-state index in [4.69, 9.17) is 4.18 Å². The monoisotopic (exact) mass is 329 g/mol. The van der Waals surface area contributed by atoms with Gasteiger partial charge in [-0.15, -0.1) is 0 Å². The molecule has 0 saturated carbocycles. The molecule has 0 aliphatic rings. The van der Waals surface area contributed by atoms with Gasteiger partial charge in [0, 0.05) is 0 Å². The Morgan fingerprint density at radius 3 is 1.95 bits per heavy atom. The lowest BCUT2D eigenvalue weighted by Gasteiger charge is -2.05. The highest BCUT2D eigenvalue weighted by Crippen LogP contribution is 2.12. The van der Waals surface area contributed by atoms with E-state index in [1.54, 1.807) is 30.3 Å². The summed E-state index contributed by atoms with van der Waals surface area (Å²) >= 11 is 0. The number of rotatable bonds is 9. The van der Waals surface area contributed by atoms with Gasteiger partial charge in [0.05, 0.1) is 11.5 Å². The highest BCUT2D eigenvalue weighted by Gasteiger charge is 2.13. The third kappa shape index (κ3) is 11.7. The van der Waals surface area contributed by atoms with Crippen LogP contribution in [0.4, 0.5) is 0 Å². The first-order chi connectivity index (χ1) is 10.4. The van der Waals surface area contributed by atoms with Gasteiger partial charge in [0.1, 0.15) is 0 Å². The van der Waals surface area contributed by atoms with Crippen molar-refractivity contribution >= 4 is 10.1 Å². The first kappa shape index (κ1) is 21.1. The fourth-order valence-corrected chi connectivity index (χ4v) is 2.67. The zero-order valence-corrected chi connectivity index (χ0v) is 15.2. The minimum atomic E-state index is -3.56. The maximum absolute atomic E-state index is 11.7. The number of benzene rings is 1. The molecule has 5 heteroatoms. The van der Waals surface area contributed by atoms with Gasteiger partial charge in [-0.25, -0.2) is 0 Å². The lowest BCUT2D eigenvalue weighted by molar-refractivity contribution is 0.306. The second kappa shape index (κ2) is 12.6. The zero-order chi connectivity index (χ0) is 16.8. The quantitative estimate of drug-likeness (QED) is 0.509. The van der Waals surface area contributed by atoms with Crippen molar-refractivity contribution in [3.05, 3.63) is 30.3 Å². The van der Waals surface area contributed by atoms with Crippen LogP contribution in [0.2, 0.25) is 0 Å². The van der Waals surface area contributed by atoms with Crippen molar-refractivity contribution in [2.75, 3.05) is 27.7 Å². The Labute approximate surface area is 136 Å². The van der Waals surface area contributed by atoms with Crippen LogP contribution in [0.25, 0.3) is 0 Å². The first-order valence-electron chi connectivity index (χ1n) is 7.95. The Balaban J connectivity index is 0.000000980. The van der Waals surface area contributed by atoms with Gasteiger partial charge >= 0.3 is 0 Å². The molecule has 0 heterocycles. The molecule has 1 aromatic carbocycles. The SMILES string of the molecule is CCCCCCCCOS(=O)(=O)c1ccccc1.CN(C)C. The van der Waals surface area contributed by atoms with E-state index in [9.17, 15) is 8.42 Å². The van der Waals surface area contributed by atoms with Crippen molar-refractivity contribution in [2.45, 2.75) is 50.3 Å². The third-order valence-corrected chi connectivity index (χ3v) is 4.09. The smallest absolute Gasteiger partial charge is 0.296 e. The van der Waals surface area contributed by atoms with Gasteiger partial charge in [-0.2, -0.15) is 8.42 Å². The summed E-state index contributed by atoms with van der Waals surface area (Å²) in [4.78, 5) is 2.23. The van der Waals surface area contributed by atoms with Crippen LogP contribution in [0.5, 0.6) is 0 Å². The molecule has 0 atom stereocenters. The molecular formula is C17H31NO3S. The van der Waals surface area contributed by atoms with Crippen molar-refractivity contribution in [2.24, 2.45) is 0 Å². The predicted octanol–water partition coefficient (Wildman–Crippen LogP) is 3.93. The average Bonchev–Trinajstić information content (AvgIpc) is 2.47. The standard InChI is InChI=1S/C14H22O3S.C3H9N/c1-2-3-4-5-6-10-13-17-18(15,16)14-11-8-7-9-12-14;1-4(2)3/h7-9,11-12H,2-6,10,13H2,1H3;1-3H3. The van der Waals surface area contributed by atoms with Crippen LogP contribution in [0, 0.1) is 0 Å². The molecule has 128 valence electrons. The van der Waals surface area contributed by atoms with Gasteiger partial charge in [-0.3, -0.25) is 4.18 Å². The number of unbranched alkanes of at least 4 members (excludes halogenated alkanes) is 5. The molecule has 0 spiro atoms. The molecule has 0 saturated heterocycles. The van der Waals surface area contributed by atoms with Crippen LogP contribution in [-0.2, 0) is 14.3 Å². The van der Waals surface area contributed by atoms with Gasteiger partial charge in [0.25, 0.3) is 10.1 Å². The Hall–Kier alpha value is -0.910. The summed E-state index contributed by atoms with van der Waals surface area (Å²) in [5, 5.41) is 0. The van der Waals surface area contributed by atoms with Gasteiger partial charge in [-0.05, 0) is 39.7 Å². The Morgan fingerprint density at radius 2 is 1.41 bits per heavy atom. The molecule has 0 aliphatic carbocycles. The topological polar surface area (TPSA) is 46.6 Å². The summed E-state index contributed by atoms with van der Waals surface area (Å²) < 4.78 is 28.5. The molecule has 0 N–H and O–H groups in total. The number of hydrogen-bond donors (Lipinski definition) is 0. The molecule has 1 rings (SSSR count). The lowest BCUT2D eigenvalue weighted by Crippen LogP contribution is -2.07. The van der Waals surface area contributed by atoms with Gasteiger partial charge < -0.3 is 4.90 Å². The molecule has 22 heavy (non-hydrogen) atoms. The van der Waals surface area contributed by atoms with Crippen molar-refractivity contribution in [3.63, 3.8) is 0 Å². The summed E-state index contributed by atoms with van der Waals surface area (Å²) in [7, 11) is 2.44. The largest absolute Gasteiger partial charge is 0.312 e. The molecular weight excluding hydrogens is 298 g/mol. The molecule has 1 aromatic rings. The summed E-state index contributed by atoms with van der Waals surface area (Å²) in [6.45, 7) is 2.46. The maximum Gasteiger partial charge on any atom is 0.296 e. The van der Waals surface area contributed by atoms with Crippen LogP contribution < -0.4 is 0 Å². The summed E-state index contributed by atoms with van der Waals surface area (Å²) in [5.41, 5.74) is 0. The van der Waals surface area contributed by atoms with E-state index < -0.39 is 10.1 Å². The van der Waals surface area contributed by atoms with E-state index in [1.165, 1.54) is 19.3 Å². The summed E-state index contributed by atoms with van der Waals surface area (Å²) in [6, 6.07) is 8.28. The minimum absolute atomic E-state index is 0.232. The van der Waals surface area contributed by atoms with E-state index in [0.717, 1.165) is 19.3 Å². The van der Waals surface area contributed by atoms with E-state index in [2.05, 4.69) is 6.92 Å². The summed E-state index contributed by atoms with van der Waals surface area (Å²) in [5.74, 6) is 0. The second-order valence-corrected chi connectivity index (χ2v) is 7.31. The minimum Gasteiger partial charge on any atom is -0.312 e. The van der Waals surface area contributed by atoms with Crippen LogP contribution in [0.3, 0.4) is 0 Å². The second-order valence-electron chi connectivity index (χ2n) is 5.70. The molecule has 0 aromatic heterocycles. The molecule has 4 nitrogen and oxygen atoms in total. The Kier molecular flexibility index (Phi) is 12.1. The van der Waals surface area contributed by atoms with Crippen molar-refractivity contribution in [1.82, 2.24) is 4.90 Å². The normalized spacial score (nSPS) is 11.1. The molecule has 0 aliphatic heterocycles. The van der Waals surface area contributed by atoms with Crippen molar-refractivity contribution < 1.29 is 12.6 Å². The molecule has 0 bridgehead atoms. The number of nitrogens with zero attached hydrogens (tertiary/aromatic N) is 1. The van der Waals surface area contributed by atoms with Crippen LogP contribution >= 0.6 is 0 Å². The Bertz CT molecular complexity index is 455.